The van der Waals surface area contributed by atoms with Crippen LogP contribution >= 0.6 is 0 Å². The zero-order valence-electron chi connectivity index (χ0n) is 20.5. The molecule has 3 heterocycles. The Labute approximate surface area is 215 Å². The smallest absolute Gasteiger partial charge is 0.352 e. The van der Waals surface area contributed by atoms with Crippen LogP contribution < -0.4 is 16.4 Å². The van der Waals surface area contributed by atoms with Crippen molar-refractivity contribution >= 4 is 23.1 Å². The van der Waals surface area contributed by atoms with Crippen molar-refractivity contribution in [3.05, 3.63) is 59.8 Å². The van der Waals surface area contributed by atoms with E-state index in [-0.39, 0.29) is 35.4 Å². The minimum absolute atomic E-state index is 0.138. The summed E-state index contributed by atoms with van der Waals surface area (Å²) in [6, 6.07) is 5.43. The van der Waals surface area contributed by atoms with Crippen molar-refractivity contribution in [2.75, 3.05) is 18.5 Å². The van der Waals surface area contributed by atoms with Gasteiger partial charge in [0.15, 0.2) is 17.2 Å². The van der Waals surface area contributed by atoms with Crippen LogP contribution in [0.1, 0.15) is 35.0 Å². The Morgan fingerprint density at radius 1 is 1.26 bits per heavy atom. The fourth-order valence-corrected chi connectivity index (χ4v) is 4.37. The topological polar surface area (TPSA) is 115 Å². The number of carbonyl (C=O) groups is 1. The number of anilines is 2. The van der Waals surface area contributed by atoms with E-state index in [4.69, 9.17) is 5.73 Å². The van der Waals surface area contributed by atoms with E-state index in [0.717, 1.165) is 22.9 Å². The van der Waals surface area contributed by atoms with E-state index in [1.54, 1.807) is 12.1 Å². The Bertz CT molecular complexity index is 1480. The highest BCUT2D eigenvalue weighted by atomic mass is 19.4. The number of aromatic nitrogens is 5. The molecule has 1 amide bonds. The molecule has 2 atom stereocenters. The van der Waals surface area contributed by atoms with Crippen LogP contribution in [0.3, 0.4) is 0 Å². The average molecular weight is 531 g/mol. The minimum Gasteiger partial charge on any atom is -0.352 e. The number of imidazole rings is 1. The van der Waals surface area contributed by atoms with Gasteiger partial charge >= 0.3 is 6.18 Å². The van der Waals surface area contributed by atoms with Crippen LogP contribution in [0.25, 0.3) is 16.9 Å². The zero-order valence-corrected chi connectivity index (χ0v) is 20.5. The summed E-state index contributed by atoms with van der Waals surface area (Å²) in [5, 5.41) is 9.62. The number of fused-ring (bicyclic) bond motifs is 1. The fourth-order valence-electron chi connectivity index (χ4n) is 4.37. The zero-order chi connectivity index (χ0) is 27.0. The largest absolute Gasteiger partial charge is 0.435 e. The molecule has 13 heteroatoms. The lowest BCUT2D eigenvalue weighted by Crippen LogP contribution is -2.28. The van der Waals surface area contributed by atoms with Crippen LogP contribution in [0, 0.1) is 5.92 Å². The van der Waals surface area contributed by atoms with Crippen molar-refractivity contribution in [1.82, 2.24) is 29.5 Å². The summed E-state index contributed by atoms with van der Waals surface area (Å²) >= 11 is 0. The normalized spacial score (nSPS) is 17.1. The lowest BCUT2D eigenvalue weighted by atomic mass is 10.0. The van der Waals surface area contributed by atoms with E-state index in [1.165, 1.54) is 23.0 Å². The third-order valence-corrected chi connectivity index (χ3v) is 6.54. The number of aryl methyl sites for hydroxylation is 2. The molecule has 0 saturated heterocycles. The summed E-state index contributed by atoms with van der Waals surface area (Å²) in [5.41, 5.74) is 6.92. The molecule has 1 aliphatic carbocycles. The molecule has 0 aliphatic heterocycles. The second kappa shape index (κ2) is 10.0. The van der Waals surface area contributed by atoms with Gasteiger partial charge in [-0.05, 0) is 42.5 Å². The molecule has 200 valence electrons. The maximum absolute atomic E-state index is 13.7. The van der Waals surface area contributed by atoms with E-state index in [2.05, 4.69) is 25.7 Å². The number of carbonyl (C=O) groups excluding carboxylic acids is 1. The highest BCUT2D eigenvalue weighted by molar-refractivity contribution is 5.96. The molecule has 0 spiro atoms. The number of alkyl halides is 4. The summed E-state index contributed by atoms with van der Waals surface area (Å²) in [6.45, 7) is 1.34. The standard InChI is InChI=1S/C25H26F4N8O/c1-2-14-9-16(3-4-17(14)24(38)33-11-15-10-19(15)30)34-22-23-32-12-20(37(23)8-6-31-22)18-13-36(7-5-26)35-21(18)25(27,28)29/h3-4,6,8-9,12-13,15,19H,2,5,7,10-11,30H2,1H3,(H,31,34)(H,33,38). The average Bonchev–Trinajstić information content (AvgIpc) is 3.24. The molecule has 1 aliphatic rings. The molecule has 4 N–H and O–H groups in total. The molecular formula is C25H26F4N8O. The third kappa shape index (κ3) is 5.05. The Kier molecular flexibility index (Phi) is 6.78. The molecule has 4 aromatic rings. The third-order valence-electron chi connectivity index (χ3n) is 6.54. The van der Waals surface area contributed by atoms with E-state index in [0.29, 0.717) is 36.0 Å². The lowest BCUT2D eigenvalue weighted by Gasteiger charge is -2.13. The van der Waals surface area contributed by atoms with Gasteiger partial charge in [-0.2, -0.15) is 18.3 Å². The molecule has 1 saturated carbocycles. The van der Waals surface area contributed by atoms with Gasteiger partial charge in [-0.15, -0.1) is 0 Å². The monoisotopic (exact) mass is 530 g/mol. The van der Waals surface area contributed by atoms with Gasteiger partial charge in [0, 0.05) is 42.4 Å². The van der Waals surface area contributed by atoms with E-state index >= 15 is 0 Å². The summed E-state index contributed by atoms with van der Waals surface area (Å²) < 4.78 is 56.2. The Balaban J connectivity index is 1.43. The van der Waals surface area contributed by atoms with Gasteiger partial charge in [-0.3, -0.25) is 13.9 Å². The summed E-state index contributed by atoms with van der Waals surface area (Å²) in [4.78, 5) is 21.3. The van der Waals surface area contributed by atoms with Crippen LogP contribution in [-0.4, -0.2) is 49.3 Å². The molecule has 2 unspecified atom stereocenters. The minimum atomic E-state index is -4.73. The fraction of sp³-hybridized carbons (Fsp3) is 0.360. The predicted molar refractivity (Wildman–Crippen MR) is 133 cm³/mol. The summed E-state index contributed by atoms with van der Waals surface area (Å²) in [5.74, 6) is 0.464. The number of amides is 1. The van der Waals surface area contributed by atoms with Crippen molar-refractivity contribution < 1.29 is 22.4 Å². The van der Waals surface area contributed by atoms with Gasteiger partial charge < -0.3 is 16.4 Å². The maximum Gasteiger partial charge on any atom is 0.435 e. The maximum atomic E-state index is 13.7. The van der Waals surface area contributed by atoms with Gasteiger partial charge in [0.05, 0.1) is 24.0 Å². The molecule has 0 bridgehead atoms. The van der Waals surface area contributed by atoms with Crippen molar-refractivity contribution in [2.45, 2.75) is 38.5 Å². The summed E-state index contributed by atoms with van der Waals surface area (Å²) in [7, 11) is 0. The first-order chi connectivity index (χ1) is 18.2. The second-order valence-corrected chi connectivity index (χ2v) is 9.17. The Morgan fingerprint density at radius 3 is 2.74 bits per heavy atom. The van der Waals surface area contributed by atoms with Gasteiger partial charge in [-0.25, -0.2) is 14.4 Å². The number of nitrogens with two attached hydrogens (primary N) is 1. The number of hydrogen-bond acceptors (Lipinski definition) is 6. The molecule has 1 fully saturated rings. The SMILES string of the molecule is CCc1cc(Nc2nccn3c(-c4cn(CCF)nc4C(F)(F)F)cnc23)ccc1C(=O)NCC1CC1N. The number of rotatable bonds is 9. The van der Waals surface area contributed by atoms with Crippen LogP contribution in [0.4, 0.5) is 29.1 Å². The Hall–Kier alpha value is -4.00. The summed E-state index contributed by atoms with van der Waals surface area (Å²) in [6.07, 6.45) is 2.17. The van der Waals surface area contributed by atoms with Gasteiger partial charge in [0.1, 0.15) is 6.67 Å². The molecule has 1 aromatic carbocycles. The quantitative estimate of drug-likeness (QED) is 0.282. The van der Waals surface area contributed by atoms with E-state index < -0.39 is 18.5 Å². The number of nitrogens with one attached hydrogen (secondary N) is 2. The van der Waals surface area contributed by atoms with Crippen molar-refractivity contribution in [3.8, 4) is 11.3 Å². The van der Waals surface area contributed by atoms with Crippen LogP contribution in [-0.2, 0) is 19.1 Å². The number of halogens is 4. The highest BCUT2D eigenvalue weighted by Gasteiger charge is 2.38. The number of nitrogens with zero attached hydrogens (tertiary/aromatic N) is 5. The molecule has 38 heavy (non-hydrogen) atoms. The van der Waals surface area contributed by atoms with Crippen LogP contribution in [0.15, 0.2) is 43.0 Å². The first kappa shape index (κ1) is 25.6. The van der Waals surface area contributed by atoms with Crippen molar-refractivity contribution in [3.63, 3.8) is 0 Å². The molecule has 3 aromatic heterocycles. The Morgan fingerprint density at radius 2 is 2.05 bits per heavy atom. The second-order valence-electron chi connectivity index (χ2n) is 9.17. The lowest BCUT2D eigenvalue weighted by molar-refractivity contribution is -0.141. The first-order valence-corrected chi connectivity index (χ1v) is 12.2. The van der Waals surface area contributed by atoms with E-state index in [1.807, 2.05) is 13.0 Å². The van der Waals surface area contributed by atoms with Crippen LogP contribution in [0.5, 0.6) is 0 Å². The van der Waals surface area contributed by atoms with Crippen molar-refractivity contribution in [1.29, 1.82) is 0 Å². The van der Waals surface area contributed by atoms with Gasteiger partial charge in [-0.1, -0.05) is 6.92 Å². The number of benzene rings is 1. The number of hydrogen-bond donors (Lipinski definition) is 3. The molecular weight excluding hydrogens is 504 g/mol. The van der Waals surface area contributed by atoms with Crippen molar-refractivity contribution in [2.24, 2.45) is 11.7 Å². The predicted octanol–water partition coefficient (Wildman–Crippen LogP) is 3.96. The van der Waals surface area contributed by atoms with E-state index in [9.17, 15) is 22.4 Å². The van der Waals surface area contributed by atoms with Gasteiger partial charge in [0.25, 0.3) is 5.91 Å². The van der Waals surface area contributed by atoms with Crippen LogP contribution in [0.2, 0.25) is 0 Å². The first-order valence-electron chi connectivity index (χ1n) is 12.2. The molecule has 0 radical (unpaired) electrons. The highest BCUT2D eigenvalue weighted by Crippen LogP contribution is 2.37. The molecule has 9 nitrogen and oxygen atoms in total. The molecule has 5 rings (SSSR count). The van der Waals surface area contributed by atoms with Gasteiger partial charge in [0.2, 0.25) is 0 Å².